The Kier molecular flexibility index (Phi) is 4.46. The maximum atomic E-state index is 12.1. The molecule has 4 heteroatoms. The minimum atomic E-state index is -0.371. The first kappa shape index (κ1) is 14.6. The van der Waals surface area contributed by atoms with Crippen LogP contribution in [0.2, 0.25) is 0 Å². The Bertz CT molecular complexity index is 481. The lowest BCUT2D eigenvalue weighted by atomic mass is 9.93. The van der Waals surface area contributed by atoms with Crippen molar-refractivity contribution in [1.82, 2.24) is 5.32 Å². The van der Waals surface area contributed by atoms with Crippen molar-refractivity contribution in [3.05, 3.63) is 34.9 Å². The molecule has 0 unspecified atom stereocenters. The number of carbonyl (C=O) groups excluding carboxylic acids is 1. The molecule has 3 nitrogen and oxygen atoms in total. The lowest BCUT2D eigenvalue weighted by Crippen LogP contribution is -2.41. The second-order valence-corrected chi connectivity index (χ2v) is 5.69. The summed E-state index contributed by atoms with van der Waals surface area (Å²) in [5.74, 6) is -0.0863. The van der Waals surface area contributed by atoms with E-state index in [4.69, 9.17) is 18.0 Å². The molecule has 18 heavy (non-hydrogen) atoms. The fraction of sp³-hybridized carbons (Fsp3) is 0.429. The summed E-state index contributed by atoms with van der Waals surface area (Å²) in [4.78, 5) is 12.5. The van der Waals surface area contributed by atoms with Crippen LogP contribution in [0.1, 0.15) is 35.3 Å². The van der Waals surface area contributed by atoms with Crippen LogP contribution in [-0.2, 0) is 0 Å². The van der Waals surface area contributed by atoms with Crippen LogP contribution in [0.15, 0.2) is 18.2 Å². The van der Waals surface area contributed by atoms with Crippen molar-refractivity contribution in [3.8, 4) is 0 Å². The van der Waals surface area contributed by atoms with Gasteiger partial charge in [0, 0.05) is 17.5 Å². The van der Waals surface area contributed by atoms with E-state index in [1.807, 2.05) is 45.9 Å². The van der Waals surface area contributed by atoms with Crippen LogP contribution in [0.4, 0.5) is 0 Å². The number of amides is 1. The number of nitrogens with two attached hydrogens (primary N) is 1. The fourth-order valence-corrected chi connectivity index (χ4v) is 1.62. The molecule has 0 aliphatic heterocycles. The third-order valence-electron chi connectivity index (χ3n) is 2.98. The van der Waals surface area contributed by atoms with Gasteiger partial charge in [-0.2, -0.15) is 0 Å². The normalized spacial score (nSPS) is 11.1. The van der Waals surface area contributed by atoms with Crippen LogP contribution in [-0.4, -0.2) is 17.4 Å². The quantitative estimate of drug-likeness (QED) is 0.821. The lowest BCUT2D eigenvalue weighted by molar-refractivity contribution is 0.0944. The molecule has 0 saturated carbocycles. The second kappa shape index (κ2) is 5.48. The molecule has 1 aromatic rings. The average molecular weight is 264 g/mol. The minimum absolute atomic E-state index is 0.0863. The van der Waals surface area contributed by atoms with Crippen molar-refractivity contribution in [2.24, 2.45) is 11.1 Å². The Morgan fingerprint density at radius 3 is 2.50 bits per heavy atom. The molecule has 1 amide bonds. The minimum Gasteiger partial charge on any atom is -0.393 e. The Hall–Kier alpha value is -1.42. The summed E-state index contributed by atoms with van der Waals surface area (Å²) >= 11 is 4.97. The first-order chi connectivity index (χ1) is 8.24. The highest BCUT2D eigenvalue weighted by Crippen LogP contribution is 2.15. The molecular formula is C14H20N2OS. The SMILES string of the molecule is Cc1ccc(C(=O)NCC(C)(C)C(N)=S)c(C)c1. The number of carbonyl (C=O) groups is 1. The number of hydrogen-bond donors (Lipinski definition) is 2. The van der Waals surface area contributed by atoms with Crippen LogP contribution in [0.25, 0.3) is 0 Å². The van der Waals surface area contributed by atoms with E-state index < -0.39 is 0 Å². The predicted molar refractivity (Wildman–Crippen MR) is 78.8 cm³/mol. The lowest BCUT2D eigenvalue weighted by Gasteiger charge is -2.23. The highest BCUT2D eigenvalue weighted by Gasteiger charge is 2.22. The molecule has 0 bridgehead atoms. The molecule has 98 valence electrons. The van der Waals surface area contributed by atoms with Gasteiger partial charge in [-0.15, -0.1) is 0 Å². The molecule has 0 atom stereocenters. The van der Waals surface area contributed by atoms with Crippen molar-refractivity contribution < 1.29 is 4.79 Å². The van der Waals surface area contributed by atoms with Crippen molar-refractivity contribution >= 4 is 23.1 Å². The van der Waals surface area contributed by atoms with E-state index in [9.17, 15) is 4.79 Å². The Labute approximate surface area is 114 Å². The van der Waals surface area contributed by atoms with Crippen LogP contribution in [0.5, 0.6) is 0 Å². The Balaban J connectivity index is 2.75. The Morgan fingerprint density at radius 1 is 1.39 bits per heavy atom. The van der Waals surface area contributed by atoms with E-state index in [0.717, 1.165) is 11.1 Å². The first-order valence-electron chi connectivity index (χ1n) is 5.89. The maximum Gasteiger partial charge on any atom is 0.251 e. The third kappa shape index (κ3) is 3.53. The number of nitrogens with one attached hydrogen (secondary N) is 1. The second-order valence-electron chi connectivity index (χ2n) is 5.25. The molecule has 0 spiro atoms. The van der Waals surface area contributed by atoms with Gasteiger partial charge in [-0.3, -0.25) is 4.79 Å². The number of thiocarbonyl (C=S) groups is 1. The van der Waals surface area contributed by atoms with Gasteiger partial charge in [0.15, 0.2) is 0 Å². The van der Waals surface area contributed by atoms with Gasteiger partial charge < -0.3 is 11.1 Å². The van der Waals surface area contributed by atoms with Gasteiger partial charge >= 0.3 is 0 Å². The third-order valence-corrected chi connectivity index (χ3v) is 3.54. The van der Waals surface area contributed by atoms with Gasteiger partial charge in [-0.1, -0.05) is 43.8 Å². The van der Waals surface area contributed by atoms with Crippen LogP contribution < -0.4 is 11.1 Å². The smallest absolute Gasteiger partial charge is 0.251 e. The van der Waals surface area contributed by atoms with Crippen molar-refractivity contribution in [1.29, 1.82) is 0 Å². The van der Waals surface area contributed by atoms with Crippen molar-refractivity contribution in [2.45, 2.75) is 27.7 Å². The first-order valence-corrected chi connectivity index (χ1v) is 6.30. The van der Waals surface area contributed by atoms with Gasteiger partial charge in [0.1, 0.15) is 0 Å². The van der Waals surface area contributed by atoms with Crippen LogP contribution in [0, 0.1) is 19.3 Å². The molecule has 0 aliphatic carbocycles. The summed E-state index contributed by atoms with van der Waals surface area (Å²) in [6.07, 6.45) is 0. The molecule has 0 aliphatic rings. The molecule has 0 saturated heterocycles. The molecule has 1 rings (SSSR count). The number of aryl methyl sites for hydroxylation is 2. The van der Waals surface area contributed by atoms with Crippen molar-refractivity contribution in [2.75, 3.05) is 6.54 Å². The van der Waals surface area contributed by atoms with E-state index in [1.165, 1.54) is 0 Å². The molecule has 3 N–H and O–H groups in total. The predicted octanol–water partition coefficient (Wildman–Crippen LogP) is 2.35. The Morgan fingerprint density at radius 2 is 2.00 bits per heavy atom. The molecule has 0 aromatic heterocycles. The number of rotatable bonds is 4. The zero-order valence-corrected chi connectivity index (χ0v) is 12.1. The molecular weight excluding hydrogens is 244 g/mol. The van der Waals surface area contributed by atoms with Gasteiger partial charge in [0.25, 0.3) is 5.91 Å². The van der Waals surface area contributed by atoms with Gasteiger partial charge in [0.05, 0.1) is 4.99 Å². The topological polar surface area (TPSA) is 55.1 Å². The number of benzene rings is 1. The van der Waals surface area contributed by atoms with Gasteiger partial charge in [-0.25, -0.2) is 0 Å². The van der Waals surface area contributed by atoms with E-state index in [-0.39, 0.29) is 11.3 Å². The summed E-state index contributed by atoms with van der Waals surface area (Å²) in [6, 6.07) is 5.77. The largest absolute Gasteiger partial charge is 0.393 e. The summed E-state index contributed by atoms with van der Waals surface area (Å²) < 4.78 is 0. The zero-order valence-electron chi connectivity index (χ0n) is 11.3. The van der Waals surface area contributed by atoms with Crippen LogP contribution in [0.3, 0.4) is 0 Å². The average Bonchev–Trinajstić information content (AvgIpc) is 2.25. The highest BCUT2D eigenvalue weighted by atomic mass is 32.1. The van der Waals surface area contributed by atoms with Crippen LogP contribution >= 0.6 is 12.2 Å². The van der Waals surface area contributed by atoms with E-state index in [1.54, 1.807) is 0 Å². The van der Waals surface area contributed by atoms with Gasteiger partial charge in [0.2, 0.25) is 0 Å². The van der Waals surface area contributed by atoms with E-state index in [0.29, 0.717) is 17.1 Å². The molecule has 1 aromatic carbocycles. The molecule has 0 heterocycles. The molecule has 0 fully saturated rings. The summed E-state index contributed by atoms with van der Waals surface area (Å²) in [5, 5.41) is 2.87. The van der Waals surface area contributed by atoms with Crippen molar-refractivity contribution in [3.63, 3.8) is 0 Å². The van der Waals surface area contributed by atoms with E-state index in [2.05, 4.69) is 5.32 Å². The summed E-state index contributed by atoms with van der Waals surface area (Å²) in [5.41, 5.74) is 8.07. The fourth-order valence-electron chi connectivity index (χ4n) is 1.55. The summed E-state index contributed by atoms with van der Waals surface area (Å²) in [6.45, 7) is 8.20. The maximum absolute atomic E-state index is 12.1. The monoisotopic (exact) mass is 264 g/mol. The van der Waals surface area contributed by atoms with E-state index >= 15 is 0 Å². The standard InChI is InChI=1S/C14H20N2OS/c1-9-5-6-11(10(2)7-9)12(17)16-8-14(3,4)13(15)18/h5-7H,8H2,1-4H3,(H2,15,18)(H,16,17). The zero-order chi connectivity index (χ0) is 13.9. The number of hydrogen-bond acceptors (Lipinski definition) is 2. The highest BCUT2D eigenvalue weighted by molar-refractivity contribution is 7.80. The summed E-state index contributed by atoms with van der Waals surface area (Å²) in [7, 11) is 0. The molecule has 0 radical (unpaired) electrons. The van der Waals surface area contributed by atoms with Gasteiger partial charge in [-0.05, 0) is 25.5 Å².